The molecule has 0 bridgehead atoms. The number of hydrogen-bond donors (Lipinski definition) is 1. The van der Waals surface area contributed by atoms with Crippen LogP contribution in [0.15, 0.2) is 48.5 Å². The Bertz CT molecular complexity index is 1150. The van der Waals surface area contributed by atoms with E-state index in [9.17, 15) is 14.7 Å². The van der Waals surface area contributed by atoms with Crippen LogP contribution in [0.25, 0.3) is 0 Å². The van der Waals surface area contributed by atoms with Gasteiger partial charge in [-0.05, 0) is 63.4 Å². The zero-order valence-corrected chi connectivity index (χ0v) is 21.5. The summed E-state index contributed by atoms with van der Waals surface area (Å²) in [7, 11) is -0.908. The molecular formula is C26H30BClN2O5. The highest BCUT2D eigenvalue weighted by Crippen LogP contribution is 2.62. The number of fused-ring (bicyclic) bond motifs is 1. The molecule has 2 saturated heterocycles. The van der Waals surface area contributed by atoms with Gasteiger partial charge in [0.25, 0.3) is 11.8 Å². The topological polar surface area (TPSA) is 79.1 Å². The minimum atomic E-state index is -1.22. The number of rotatable bonds is 5. The molecule has 0 radical (unpaired) electrons. The molecule has 5 rings (SSSR count). The van der Waals surface area contributed by atoms with Gasteiger partial charge < -0.3 is 14.4 Å². The van der Waals surface area contributed by atoms with Gasteiger partial charge in [0.1, 0.15) is 5.44 Å². The van der Waals surface area contributed by atoms with Crippen LogP contribution in [0.4, 0.5) is 0 Å². The SMILES string of the molecule is CC(C)[C@@H](O)[C@@]1(B2OC(C)(C)C(C)(C)O2)[C@@H](c2ccc(Cl)cc2)N1N1C(=O)c2ccccc2C1=O. The van der Waals surface area contributed by atoms with E-state index in [0.717, 1.165) is 10.6 Å². The van der Waals surface area contributed by atoms with Crippen molar-refractivity contribution in [2.75, 3.05) is 0 Å². The summed E-state index contributed by atoms with van der Waals surface area (Å²) in [6, 6.07) is 13.4. The van der Waals surface area contributed by atoms with Crippen LogP contribution in [-0.2, 0) is 9.31 Å². The highest BCUT2D eigenvalue weighted by Gasteiger charge is 2.81. The molecule has 9 heteroatoms. The molecule has 184 valence electrons. The molecule has 1 N–H and O–H groups in total. The number of aliphatic hydroxyl groups is 1. The number of nitrogens with zero attached hydrogens (tertiary/aromatic N) is 2. The van der Waals surface area contributed by atoms with Crippen LogP contribution >= 0.6 is 11.6 Å². The summed E-state index contributed by atoms with van der Waals surface area (Å²) in [5, 5.41) is 15.1. The second-order valence-corrected chi connectivity index (χ2v) is 11.4. The monoisotopic (exact) mass is 496 g/mol. The zero-order valence-electron chi connectivity index (χ0n) is 20.8. The molecule has 7 nitrogen and oxygen atoms in total. The molecule has 2 amide bonds. The first-order chi connectivity index (χ1) is 16.3. The molecule has 3 aliphatic rings. The van der Waals surface area contributed by atoms with Gasteiger partial charge in [0.05, 0.1) is 34.5 Å². The lowest BCUT2D eigenvalue weighted by atomic mass is 9.62. The number of hydrazine groups is 1. The van der Waals surface area contributed by atoms with Gasteiger partial charge in [-0.25, -0.2) is 5.01 Å². The number of halogens is 1. The number of benzene rings is 2. The van der Waals surface area contributed by atoms with Crippen LogP contribution in [0.1, 0.15) is 73.9 Å². The molecule has 0 spiro atoms. The molecule has 2 fully saturated rings. The molecule has 0 aromatic heterocycles. The Morgan fingerprint density at radius 1 is 0.914 bits per heavy atom. The van der Waals surface area contributed by atoms with Gasteiger partial charge in [-0.1, -0.05) is 49.7 Å². The standard InChI is InChI=1S/C26H30BClN2O5/c1-15(2)21(31)26(27-34-24(3,4)25(5,6)35-27)20(16-11-13-17(28)14-12-16)30(26)29-22(32)18-9-7-8-10-19(18)23(29)33/h7-15,20-21,31H,1-6H3/t20-,21-,26-,30?/m1/s1. The summed E-state index contributed by atoms with van der Waals surface area (Å²) in [6.45, 7) is 11.6. The third kappa shape index (κ3) is 3.34. The third-order valence-electron chi connectivity index (χ3n) is 7.92. The van der Waals surface area contributed by atoms with Gasteiger partial charge in [-0.15, -0.1) is 0 Å². The molecule has 3 aliphatic heterocycles. The number of amides is 2. The Morgan fingerprint density at radius 3 is 1.86 bits per heavy atom. The van der Waals surface area contributed by atoms with Gasteiger partial charge in [-0.3, -0.25) is 9.59 Å². The number of carbonyl (C=O) groups is 2. The van der Waals surface area contributed by atoms with Gasteiger partial charge in [0.2, 0.25) is 0 Å². The lowest BCUT2D eigenvalue weighted by Gasteiger charge is -2.32. The van der Waals surface area contributed by atoms with Gasteiger partial charge >= 0.3 is 7.12 Å². The Labute approximate surface area is 211 Å². The van der Waals surface area contributed by atoms with E-state index in [1.807, 2.05) is 53.7 Å². The van der Waals surface area contributed by atoms with E-state index in [1.54, 1.807) is 41.4 Å². The molecule has 2 aromatic rings. The fourth-order valence-electron chi connectivity index (χ4n) is 5.26. The highest BCUT2D eigenvalue weighted by atomic mass is 35.5. The quantitative estimate of drug-likeness (QED) is 0.378. The predicted octanol–water partition coefficient (Wildman–Crippen LogP) is 4.30. The second-order valence-electron chi connectivity index (χ2n) is 10.9. The van der Waals surface area contributed by atoms with Crippen molar-refractivity contribution < 1.29 is 24.0 Å². The van der Waals surface area contributed by atoms with E-state index < -0.39 is 47.7 Å². The molecule has 0 saturated carbocycles. The van der Waals surface area contributed by atoms with Crippen LogP contribution in [-0.4, -0.2) is 56.8 Å². The van der Waals surface area contributed by atoms with E-state index in [-0.39, 0.29) is 5.92 Å². The van der Waals surface area contributed by atoms with Crippen LogP contribution in [0.5, 0.6) is 0 Å². The summed E-state index contributed by atoms with van der Waals surface area (Å²) >= 11 is 6.16. The van der Waals surface area contributed by atoms with Crippen molar-refractivity contribution >= 4 is 30.5 Å². The molecule has 2 aromatic carbocycles. The van der Waals surface area contributed by atoms with Gasteiger partial charge in [0, 0.05) is 5.02 Å². The fourth-order valence-corrected chi connectivity index (χ4v) is 5.39. The Morgan fingerprint density at radius 2 is 1.40 bits per heavy atom. The summed E-state index contributed by atoms with van der Waals surface area (Å²) in [4.78, 5) is 27.1. The first kappa shape index (κ1) is 24.5. The van der Waals surface area contributed by atoms with Crippen molar-refractivity contribution in [1.29, 1.82) is 0 Å². The predicted molar refractivity (Wildman–Crippen MR) is 133 cm³/mol. The first-order valence-electron chi connectivity index (χ1n) is 11.9. The molecule has 0 aliphatic carbocycles. The fraction of sp³-hybridized carbons (Fsp3) is 0.462. The van der Waals surface area contributed by atoms with E-state index in [2.05, 4.69) is 0 Å². The van der Waals surface area contributed by atoms with Crippen LogP contribution in [0.3, 0.4) is 0 Å². The zero-order chi connectivity index (χ0) is 25.5. The van der Waals surface area contributed by atoms with E-state index in [1.165, 1.54) is 0 Å². The van der Waals surface area contributed by atoms with Crippen molar-refractivity contribution in [3.05, 3.63) is 70.2 Å². The van der Waals surface area contributed by atoms with Crippen molar-refractivity contribution in [3.8, 4) is 0 Å². The smallest absolute Gasteiger partial charge is 0.402 e. The van der Waals surface area contributed by atoms with Crippen LogP contribution in [0, 0.1) is 5.92 Å². The van der Waals surface area contributed by atoms with E-state index in [0.29, 0.717) is 16.1 Å². The van der Waals surface area contributed by atoms with Crippen LogP contribution < -0.4 is 0 Å². The minimum absolute atomic E-state index is 0.219. The largest absolute Gasteiger partial charge is 0.486 e. The summed E-state index contributed by atoms with van der Waals surface area (Å²) in [5.74, 6) is -1.08. The van der Waals surface area contributed by atoms with E-state index >= 15 is 0 Å². The Balaban J connectivity index is 1.68. The maximum atomic E-state index is 13.5. The second kappa shape index (κ2) is 7.89. The maximum absolute atomic E-state index is 13.5. The van der Waals surface area contributed by atoms with Gasteiger partial charge in [0.15, 0.2) is 0 Å². The Kier molecular flexibility index (Phi) is 5.51. The summed E-state index contributed by atoms with van der Waals surface area (Å²) in [5.41, 5.74) is -1.12. The van der Waals surface area contributed by atoms with Crippen molar-refractivity contribution in [3.63, 3.8) is 0 Å². The molecule has 1 unspecified atom stereocenters. The Hall–Kier alpha value is -2.23. The molecular weight excluding hydrogens is 467 g/mol. The maximum Gasteiger partial charge on any atom is 0.486 e. The molecule has 3 heterocycles. The van der Waals surface area contributed by atoms with E-state index in [4.69, 9.17) is 20.9 Å². The van der Waals surface area contributed by atoms with Crippen molar-refractivity contribution in [2.45, 2.75) is 70.3 Å². The lowest BCUT2D eigenvalue weighted by molar-refractivity contribution is 0.00578. The average Bonchev–Trinajstić information content (AvgIpc) is 3.32. The van der Waals surface area contributed by atoms with Crippen molar-refractivity contribution in [1.82, 2.24) is 10.0 Å². The van der Waals surface area contributed by atoms with Gasteiger partial charge in [-0.2, -0.15) is 5.01 Å². The minimum Gasteiger partial charge on any atom is -0.402 e. The number of carbonyl (C=O) groups excluding carboxylic acids is 2. The molecule has 35 heavy (non-hydrogen) atoms. The molecule has 4 atom stereocenters. The first-order valence-corrected chi connectivity index (χ1v) is 12.3. The summed E-state index contributed by atoms with van der Waals surface area (Å²) < 4.78 is 13.0. The normalized spacial score (nSPS) is 29.6. The average molecular weight is 497 g/mol. The van der Waals surface area contributed by atoms with Crippen LogP contribution in [0.2, 0.25) is 5.02 Å². The number of imide groups is 1. The highest BCUT2D eigenvalue weighted by molar-refractivity contribution is 6.52. The lowest BCUT2D eigenvalue weighted by Crippen LogP contribution is -2.55. The number of hydrogen-bond acceptors (Lipinski definition) is 6. The summed E-state index contributed by atoms with van der Waals surface area (Å²) in [6.07, 6.45) is -0.984. The number of aliphatic hydroxyl groups excluding tert-OH is 1. The third-order valence-corrected chi connectivity index (χ3v) is 8.17. The van der Waals surface area contributed by atoms with Crippen molar-refractivity contribution in [2.24, 2.45) is 5.92 Å².